The zero-order valence-corrected chi connectivity index (χ0v) is 14.0. The largest absolute Gasteiger partial charge is 0.322 e. The van der Waals surface area contributed by atoms with Gasteiger partial charge in [0.05, 0.1) is 5.69 Å². The molecule has 0 aliphatic rings. The fraction of sp³-hybridized carbons (Fsp3) is 0.118. The molecule has 3 heterocycles. The molecule has 0 radical (unpaired) electrons. The number of hydrogen-bond acceptors (Lipinski definition) is 4. The molecular weight excluding hydrogens is 343 g/mol. The summed E-state index contributed by atoms with van der Waals surface area (Å²) in [4.78, 5) is 25.8. The number of fused-ring (bicyclic) bond motifs is 3. The quantitative estimate of drug-likeness (QED) is 0.614. The highest BCUT2D eigenvalue weighted by atomic mass is 32.1. The molecule has 1 aromatic carbocycles. The van der Waals surface area contributed by atoms with Crippen molar-refractivity contribution < 1.29 is 9.18 Å². The minimum atomic E-state index is -0.533. The number of carbonyl (C=O) groups excluding carboxylic acids is 1. The Bertz CT molecular complexity index is 1170. The minimum absolute atomic E-state index is 0.0709. The van der Waals surface area contributed by atoms with Crippen LogP contribution in [0.2, 0.25) is 0 Å². The Kier molecular flexibility index (Phi) is 3.61. The number of anilines is 1. The lowest BCUT2D eigenvalue weighted by Gasteiger charge is -2.09. The molecule has 4 rings (SSSR count). The minimum Gasteiger partial charge on any atom is -0.322 e. The Balaban J connectivity index is 1.70. The predicted molar refractivity (Wildman–Crippen MR) is 94.6 cm³/mol. The van der Waals surface area contributed by atoms with Gasteiger partial charge in [0, 0.05) is 5.39 Å². The number of thiophene rings is 1. The van der Waals surface area contributed by atoms with Gasteiger partial charge in [0.25, 0.3) is 5.56 Å². The summed E-state index contributed by atoms with van der Waals surface area (Å²) < 4.78 is 16.5. The van der Waals surface area contributed by atoms with Crippen molar-refractivity contribution in [2.75, 3.05) is 5.32 Å². The topological polar surface area (TPSA) is 68.4 Å². The van der Waals surface area contributed by atoms with E-state index >= 15 is 0 Å². The summed E-state index contributed by atoms with van der Waals surface area (Å²) >= 11 is 1.52. The molecule has 0 saturated carbocycles. The first-order chi connectivity index (χ1) is 12.0. The normalized spacial score (nSPS) is 11.3. The second kappa shape index (κ2) is 5.82. The first-order valence-electron chi connectivity index (χ1n) is 7.55. The third-order valence-corrected chi connectivity index (χ3v) is 4.81. The van der Waals surface area contributed by atoms with Crippen molar-refractivity contribution in [3.63, 3.8) is 0 Å². The van der Waals surface area contributed by atoms with Crippen molar-refractivity contribution in [2.24, 2.45) is 0 Å². The molecule has 0 aliphatic carbocycles. The highest BCUT2D eigenvalue weighted by Crippen LogP contribution is 2.24. The fourth-order valence-corrected chi connectivity index (χ4v) is 3.74. The molecule has 0 spiro atoms. The van der Waals surface area contributed by atoms with E-state index in [1.165, 1.54) is 29.5 Å². The van der Waals surface area contributed by atoms with Gasteiger partial charge < -0.3 is 5.32 Å². The van der Waals surface area contributed by atoms with Gasteiger partial charge in [-0.05, 0) is 36.6 Å². The average Bonchev–Trinajstić information content (AvgIpc) is 3.15. The highest BCUT2D eigenvalue weighted by molar-refractivity contribution is 7.16. The maximum absolute atomic E-state index is 13.6. The van der Waals surface area contributed by atoms with E-state index in [-0.39, 0.29) is 17.8 Å². The maximum atomic E-state index is 13.6. The van der Waals surface area contributed by atoms with Gasteiger partial charge in [0.15, 0.2) is 0 Å². The first kappa shape index (κ1) is 15.5. The number of hydrogen-bond donors (Lipinski definition) is 1. The van der Waals surface area contributed by atoms with Crippen LogP contribution in [0, 0.1) is 12.7 Å². The molecule has 0 atom stereocenters. The molecule has 1 amide bonds. The monoisotopic (exact) mass is 356 g/mol. The number of nitrogens with zero attached hydrogens (tertiary/aromatic N) is 3. The van der Waals surface area contributed by atoms with Crippen LogP contribution in [0.15, 0.2) is 46.6 Å². The number of aryl methyl sites for hydroxylation is 1. The molecule has 1 N–H and O–H groups in total. The lowest BCUT2D eigenvalue weighted by atomic mass is 10.3. The molecule has 0 unspecified atom stereocenters. The summed E-state index contributed by atoms with van der Waals surface area (Å²) in [5, 5.41) is 9.59. The van der Waals surface area contributed by atoms with E-state index in [2.05, 4.69) is 10.4 Å². The van der Waals surface area contributed by atoms with E-state index in [1.807, 2.05) is 11.4 Å². The number of para-hydroxylation sites is 1. The summed E-state index contributed by atoms with van der Waals surface area (Å²) in [7, 11) is 0. The van der Waals surface area contributed by atoms with Crippen molar-refractivity contribution in [1.82, 2.24) is 14.2 Å². The Morgan fingerprint density at radius 1 is 1.32 bits per heavy atom. The van der Waals surface area contributed by atoms with Gasteiger partial charge in [-0.15, -0.1) is 11.3 Å². The molecule has 8 heteroatoms. The van der Waals surface area contributed by atoms with Crippen LogP contribution >= 0.6 is 11.3 Å². The Labute approximate surface area is 145 Å². The molecular formula is C17H13FN4O2S. The maximum Gasteiger partial charge on any atom is 0.291 e. The SMILES string of the molecule is Cc1nn(CC(=O)Nc2ccccc2F)c(=O)c2cc3ccsc3n12. The van der Waals surface area contributed by atoms with Crippen LogP contribution in [-0.2, 0) is 11.3 Å². The molecule has 126 valence electrons. The van der Waals surface area contributed by atoms with E-state index in [9.17, 15) is 14.0 Å². The summed E-state index contributed by atoms with van der Waals surface area (Å²) in [6.07, 6.45) is 0. The zero-order chi connectivity index (χ0) is 17.6. The Hall–Kier alpha value is -3.00. The Morgan fingerprint density at radius 3 is 2.92 bits per heavy atom. The van der Waals surface area contributed by atoms with Crippen molar-refractivity contribution >= 4 is 38.7 Å². The lowest BCUT2D eigenvalue weighted by molar-refractivity contribution is -0.117. The van der Waals surface area contributed by atoms with Crippen molar-refractivity contribution in [1.29, 1.82) is 0 Å². The molecule has 25 heavy (non-hydrogen) atoms. The summed E-state index contributed by atoms with van der Waals surface area (Å²) in [6.45, 7) is 1.49. The van der Waals surface area contributed by atoms with Crippen LogP contribution < -0.4 is 10.9 Å². The van der Waals surface area contributed by atoms with Gasteiger partial charge in [-0.25, -0.2) is 9.07 Å². The zero-order valence-electron chi connectivity index (χ0n) is 13.2. The van der Waals surface area contributed by atoms with Gasteiger partial charge >= 0.3 is 0 Å². The second-order valence-electron chi connectivity index (χ2n) is 5.58. The fourth-order valence-electron chi connectivity index (χ4n) is 2.80. The highest BCUT2D eigenvalue weighted by Gasteiger charge is 2.15. The smallest absolute Gasteiger partial charge is 0.291 e. The molecule has 4 aromatic rings. The third kappa shape index (κ3) is 2.60. The summed E-state index contributed by atoms with van der Waals surface area (Å²) in [5.41, 5.74) is 0.173. The number of amides is 1. The van der Waals surface area contributed by atoms with Crippen molar-refractivity contribution in [2.45, 2.75) is 13.5 Å². The summed E-state index contributed by atoms with van der Waals surface area (Å²) in [5.74, 6) is -0.447. The van der Waals surface area contributed by atoms with Gasteiger partial charge in [0.1, 0.15) is 28.5 Å². The molecule has 0 saturated heterocycles. The van der Waals surface area contributed by atoms with Crippen LogP contribution in [-0.4, -0.2) is 20.1 Å². The molecule has 0 aliphatic heterocycles. The predicted octanol–water partition coefficient (Wildman–Crippen LogP) is 2.80. The number of carbonyl (C=O) groups is 1. The summed E-state index contributed by atoms with van der Waals surface area (Å²) in [6, 6.07) is 9.58. The van der Waals surface area contributed by atoms with Crippen LogP contribution in [0.1, 0.15) is 5.82 Å². The van der Waals surface area contributed by atoms with Gasteiger partial charge in [-0.1, -0.05) is 12.1 Å². The number of benzene rings is 1. The van der Waals surface area contributed by atoms with Crippen molar-refractivity contribution in [3.8, 4) is 0 Å². The number of aromatic nitrogens is 3. The number of halogens is 1. The van der Waals surface area contributed by atoms with E-state index in [4.69, 9.17) is 0 Å². The van der Waals surface area contributed by atoms with E-state index in [0.29, 0.717) is 11.3 Å². The molecule has 0 bridgehead atoms. The standard InChI is InChI=1S/C17H13FN4O2S/c1-10-20-21(9-15(23)19-13-5-3-2-4-12(13)18)16(24)14-8-11-6-7-25-17(11)22(10)14/h2-8H,9H2,1H3,(H,19,23). The van der Waals surface area contributed by atoms with Crippen molar-refractivity contribution in [3.05, 3.63) is 63.8 Å². The molecule has 6 nitrogen and oxygen atoms in total. The van der Waals surface area contributed by atoms with E-state index in [0.717, 1.165) is 14.9 Å². The Morgan fingerprint density at radius 2 is 2.12 bits per heavy atom. The van der Waals surface area contributed by atoms with Gasteiger partial charge in [-0.2, -0.15) is 5.10 Å². The van der Waals surface area contributed by atoms with E-state index < -0.39 is 11.7 Å². The number of nitrogens with one attached hydrogen (secondary N) is 1. The van der Waals surface area contributed by atoms with Gasteiger partial charge in [-0.3, -0.25) is 14.0 Å². The molecule has 3 aromatic heterocycles. The average molecular weight is 356 g/mol. The third-order valence-electron chi connectivity index (χ3n) is 3.89. The van der Waals surface area contributed by atoms with Crippen LogP contribution in [0.5, 0.6) is 0 Å². The van der Waals surface area contributed by atoms with E-state index in [1.54, 1.807) is 23.5 Å². The van der Waals surface area contributed by atoms with Crippen LogP contribution in [0.4, 0.5) is 10.1 Å². The van der Waals surface area contributed by atoms with Crippen LogP contribution in [0.25, 0.3) is 15.7 Å². The number of rotatable bonds is 3. The second-order valence-corrected chi connectivity index (χ2v) is 6.48. The lowest BCUT2D eigenvalue weighted by Crippen LogP contribution is -2.31. The molecule has 0 fully saturated rings. The van der Waals surface area contributed by atoms with Gasteiger partial charge in [0.2, 0.25) is 5.91 Å². The first-order valence-corrected chi connectivity index (χ1v) is 8.43. The van der Waals surface area contributed by atoms with Crippen LogP contribution in [0.3, 0.4) is 0 Å².